The van der Waals surface area contributed by atoms with Crippen LogP contribution in [0.3, 0.4) is 0 Å². The van der Waals surface area contributed by atoms with E-state index in [9.17, 15) is 0 Å². The molecule has 0 radical (unpaired) electrons. The highest BCUT2D eigenvalue weighted by molar-refractivity contribution is 6.30. The lowest BCUT2D eigenvalue weighted by Gasteiger charge is -2.34. The summed E-state index contributed by atoms with van der Waals surface area (Å²) in [6.07, 6.45) is 19.5. The quantitative estimate of drug-likeness (QED) is 0.115. The van der Waals surface area contributed by atoms with E-state index in [4.69, 9.17) is 0 Å². The molecule has 3 aliphatic carbocycles. The fourth-order valence-corrected chi connectivity index (χ4v) is 20.4. The molecular formula is C113H88. The van der Waals surface area contributed by atoms with Gasteiger partial charge >= 0.3 is 0 Å². The fraction of sp³-hybridized carbons (Fsp3) is 0.133. The number of rotatable bonds is 6. The molecule has 540 valence electrons. The Morgan fingerprint density at radius 2 is 0.664 bits per heavy atom. The van der Waals surface area contributed by atoms with E-state index in [1.54, 1.807) is 0 Å². The van der Waals surface area contributed by atoms with Crippen molar-refractivity contribution in [1.82, 2.24) is 0 Å². The lowest BCUT2D eigenvalue weighted by Crippen LogP contribution is -2.22. The van der Waals surface area contributed by atoms with E-state index in [0.29, 0.717) is 5.41 Å². The Morgan fingerprint density at radius 3 is 1.25 bits per heavy atom. The number of fused-ring (bicyclic) bond motifs is 13. The van der Waals surface area contributed by atoms with E-state index in [-0.39, 0.29) is 0 Å². The minimum absolute atomic E-state index is 0.352. The van der Waals surface area contributed by atoms with Gasteiger partial charge in [0, 0.05) is 0 Å². The van der Waals surface area contributed by atoms with Crippen LogP contribution in [-0.4, -0.2) is 0 Å². The van der Waals surface area contributed by atoms with Crippen molar-refractivity contribution in [3.63, 3.8) is 0 Å². The van der Waals surface area contributed by atoms with E-state index >= 15 is 0 Å². The summed E-state index contributed by atoms with van der Waals surface area (Å²) in [6, 6.07) is 124. The Bertz CT molecular complexity index is 7160. The first-order chi connectivity index (χ1) is 55.7. The van der Waals surface area contributed by atoms with Gasteiger partial charge in [0.15, 0.2) is 0 Å². The third-order valence-electron chi connectivity index (χ3n) is 25.9. The Kier molecular flexibility index (Phi) is 17.1. The SMILES string of the molecule is C1=C(c2c3ccccc3c(-c3cc4ccccc4c4ccccc34)c3ccccc23)CCCCC1.C1=C(c2c3ccccc3c(-c3ccc4c(ccc5ccccc54)c3)c3ccccc23)CCc2ccccc21.CC(C)(C)C1CC=C(c2c3ccccc3c(-c3ccc4ccc5cccc6ccc3c4c56)c3ccccc23)CC1. The first-order valence-electron chi connectivity index (χ1n) is 41.2. The molecule has 20 aromatic carbocycles. The lowest BCUT2D eigenvalue weighted by molar-refractivity contribution is 0.225. The van der Waals surface area contributed by atoms with Crippen LogP contribution in [0.25, 0.3) is 196 Å². The standard InChI is InChI=1S/C40H34.C38H26.C35H28/c1-40(2,3)29-21-17-27(18-22-29)37-30-11-4-6-13-32(30)39(33-14-7-5-12-31(33)37)35-24-20-28-16-15-25-9-8-10-26-19-23-34(35)38(28)36(25)26;1-2-11-27-23-29(20-17-25(27)9-1)37-33-13-5-7-15-35(33)38(36-16-8-6-14-34(36)37)30-21-22-32-28(24-30)19-18-26-10-3-4-12-31(26)32;1-2-4-14-24(13-3-1)34-29-19-9-11-21-31(29)35(32-22-12-10-20-30(32)34)33-23-25-15-5-6-16-26(25)27-17-7-8-18-28(27)33/h4-17,19-20,23-24,29H,18,21-22H2,1-3H3;1-16,18-19,21-24H,17,20H2;5-13,15-23H,1-4,14H2. The highest BCUT2D eigenvalue weighted by atomic mass is 14.3. The number of aryl methyl sites for hydroxylation is 1. The van der Waals surface area contributed by atoms with E-state index in [1.807, 2.05) is 0 Å². The van der Waals surface area contributed by atoms with Crippen molar-refractivity contribution in [3.05, 3.63) is 374 Å². The maximum atomic E-state index is 2.56. The zero-order chi connectivity index (χ0) is 75.3. The highest BCUT2D eigenvalue weighted by Crippen LogP contribution is 2.52. The van der Waals surface area contributed by atoms with E-state index in [2.05, 4.69) is 373 Å². The summed E-state index contributed by atoms with van der Waals surface area (Å²) in [5.41, 5.74) is 19.9. The molecule has 0 aromatic heterocycles. The summed E-state index contributed by atoms with van der Waals surface area (Å²) < 4.78 is 0. The van der Waals surface area contributed by atoms with Crippen LogP contribution in [0.4, 0.5) is 0 Å². The van der Waals surface area contributed by atoms with Gasteiger partial charge in [-0.05, 0) is 299 Å². The van der Waals surface area contributed by atoms with Crippen LogP contribution in [-0.2, 0) is 6.42 Å². The monoisotopic (exact) mass is 1440 g/mol. The van der Waals surface area contributed by atoms with Gasteiger partial charge in [-0.15, -0.1) is 0 Å². The zero-order valence-electron chi connectivity index (χ0n) is 64.6. The second-order valence-corrected chi connectivity index (χ2v) is 33.2. The van der Waals surface area contributed by atoms with Crippen molar-refractivity contribution < 1.29 is 0 Å². The van der Waals surface area contributed by atoms with Crippen molar-refractivity contribution in [2.24, 2.45) is 11.3 Å². The topological polar surface area (TPSA) is 0 Å². The molecule has 0 amide bonds. The van der Waals surface area contributed by atoms with Crippen molar-refractivity contribution in [2.45, 2.75) is 85.0 Å². The summed E-state index contributed by atoms with van der Waals surface area (Å²) >= 11 is 0. The van der Waals surface area contributed by atoms with Gasteiger partial charge < -0.3 is 0 Å². The van der Waals surface area contributed by atoms with E-state index in [1.165, 1.54) is 256 Å². The van der Waals surface area contributed by atoms with Gasteiger partial charge in [-0.2, -0.15) is 0 Å². The van der Waals surface area contributed by atoms with Gasteiger partial charge in [0.25, 0.3) is 0 Å². The van der Waals surface area contributed by atoms with Crippen molar-refractivity contribution in [1.29, 1.82) is 0 Å². The fourth-order valence-electron chi connectivity index (χ4n) is 20.4. The molecule has 0 spiro atoms. The van der Waals surface area contributed by atoms with Gasteiger partial charge in [-0.3, -0.25) is 0 Å². The molecular weight excluding hydrogens is 1360 g/mol. The normalized spacial score (nSPS) is 14.8. The molecule has 23 rings (SSSR count). The minimum atomic E-state index is 0.352. The van der Waals surface area contributed by atoms with Crippen molar-refractivity contribution in [3.8, 4) is 33.4 Å². The summed E-state index contributed by atoms with van der Waals surface area (Å²) in [5.74, 6) is 0.741. The molecule has 3 aliphatic rings. The average Bonchev–Trinajstić information content (AvgIpc) is 1.12. The number of benzene rings is 20. The predicted molar refractivity (Wildman–Crippen MR) is 493 cm³/mol. The molecule has 20 aromatic rings. The maximum absolute atomic E-state index is 2.56. The van der Waals surface area contributed by atoms with Crippen LogP contribution in [0.2, 0.25) is 0 Å². The minimum Gasteiger partial charge on any atom is -0.0807 e. The first kappa shape index (κ1) is 68.3. The number of hydrogen-bond donors (Lipinski definition) is 0. The molecule has 0 heteroatoms. The van der Waals surface area contributed by atoms with Gasteiger partial charge in [-0.25, -0.2) is 0 Å². The molecule has 0 saturated carbocycles. The predicted octanol–water partition coefficient (Wildman–Crippen LogP) is 32.6. The molecule has 0 fully saturated rings. The molecule has 0 nitrogen and oxygen atoms in total. The second kappa shape index (κ2) is 28.2. The molecule has 1 unspecified atom stereocenters. The van der Waals surface area contributed by atoms with Crippen LogP contribution in [0.15, 0.2) is 346 Å². The second-order valence-electron chi connectivity index (χ2n) is 33.2. The van der Waals surface area contributed by atoms with Crippen molar-refractivity contribution in [2.75, 3.05) is 0 Å². The lowest BCUT2D eigenvalue weighted by atomic mass is 9.71. The maximum Gasteiger partial charge on any atom is -0.00199 e. The Hall–Kier alpha value is -12.7. The van der Waals surface area contributed by atoms with Crippen LogP contribution in [0.1, 0.15) is 106 Å². The van der Waals surface area contributed by atoms with Crippen LogP contribution in [0, 0.1) is 11.3 Å². The first-order valence-corrected chi connectivity index (χ1v) is 41.2. The molecule has 0 bridgehead atoms. The zero-order valence-corrected chi connectivity index (χ0v) is 64.6. The molecule has 0 saturated heterocycles. The van der Waals surface area contributed by atoms with Crippen LogP contribution < -0.4 is 0 Å². The number of allylic oxidation sites excluding steroid dienone is 5. The average molecular weight is 1450 g/mol. The van der Waals surface area contributed by atoms with Crippen LogP contribution in [0.5, 0.6) is 0 Å². The van der Waals surface area contributed by atoms with E-state index < -0.39 is 0 Å². The largest absolute Gasteiger partial charge is 0.0807 e. The van der Waals surface area contributed by atoms with Gasteiger partial charge in [-0.1, -0.05) is 367 Å². The highest BCUT2D eigenvalue weighted by Gasteiger charge is 2.30. The Labute approximate surface area is 661 Å². The number of hydrogen-bond acceptors (Lipinski definition) is 0. The van der Waals surface area contributed by atoms with Gasteiger partial charge in [0.1, 0.15) is 0 Å². The Balaban J connectivity index is 0.000000107. The van der Waals surface area contributed by atoms with Gasteiger partial charge in [0.2, 0.25) is 0 Å². The van der Waals surface area contributed by atoms with Crippen molar-refractivity contribution >= 4 is 163 Å². The summed E-state index contributed by atoms with van der Waals surface area (Å²) in [4.78, 5) is 0. The molecule has 1 atom stereocenters. The summed E-state index contributed by atoms with van der Waals surface area (Å²) in [6.45, 7) is 7.19. The molecule has 0 aliphatic heterocycles. The Morgan fingerprint density at radius 1 is 0.248 bits per heavy atom. The molecule has 0 heterocycles. The van der Waals surface area contributed by atoms with Crippen LogP contribution >= 0.6 is 0 Å². The summed E-state index contributed by atoms with van der Waals surface area (Å²) in [5, 5.41) is 34.7. The third-order valence-corrected chi connectivity index (χ3v) is 25.9. The molecule has 0 N–H and O–H groups in total. The van der Waals surface area contributed by atoms with Gasteiger partial charge in [0.05, 0.1) is 0 Å². The summed E-state index contributed by atoms with van der Waals surface area (Å²) in [7, 11) is 0. The van der Waals surface area contributed by atoms with E-state index in [0.717, 1.165) is 31.6 Å². The molecule has 113 heavy (non-hydrogen) atoms. The third kappa shape index (κ3) is 11.8. The smallest absolute Gasteiger partial charge is 0.00199 e.